The average molecular weight is 279 g/mol. The van der Waals surface area contributed by atoms with Gasteiger partial charge in [0, 0.05) is 6.54 Å². The number of rotatable bonds is 10. The Labute approximate surface area is 121 Å². The summed E-state index contributed by atoms with van der Waals surface area (Å²) in [5.41, 5.74) is 0. The first kappa shape index (κ1) is 16.3. The largest absolute Gasteiger partial charge is 0.494 e. The topological polar surface area (TPSA) is 47.6 Å². The molecule has 20 heavy (non-hydrogen) atoms. The molecule has 0 aliphatic heterocycles. The molecule has 0 aliphatic rings. The minimum Gasteiger partial charge on any atom is -0.494 e. The summed E-state index contributed by atoms with van der Waals surface area (Å²) in [6, 6.07) is 7.33. The molecule has 1 amide bonds. The number of amides is 1. The SMILES string of the molecule is CCCCCNC(=O)COc1ccc(OCCC)cc1. The van der Waals surface area contributed by atoms with Crippen molar-refractivity contribution in [1.29, 1.82) is 0 Å². The third kappa shape index (κ3) is 7.02. The predicted octanol–water partition coefficient (Wildman–Crippen LogP) is 3.16. The van der Waals surface area contributed by atoms with Crippen molar-refractivity contribution in [3.63, 3.8) is 0 Å². The molecule has 1 N–H and O–H groups in total. The molecule has 0 spiro atoms. The molecule has 0 aromatic heterocycles. The maximum Gasteiger partial charge on any atom is 0.257 e. The lowest BCUT2D eigenvalue weighted by molar-refractivity contribution is -0.123. The van der Waals surface area contributed by atoms with Gasteiger partial charge < -0.3 is 14.8 Å². The standard InChI is InChI=1S/C16H25NO3/c1-3-5-6-11-17-16(18)13-20-15-9-7-14(8-10-15)19-12-4-2/h7-10H,3-6,11-13H2,1-2H3,(H,17,18). The van der Waals surface area contributed by atoms with E-state index in [1.54, 1.807) is 0 Å². The Morgan fingerprint density at radius 2 is 1.65 bits per heavy atom. The molecule has 1 rings (SSSR count). The number of hydrogen-bond donors (Lipinski definition) is 1. The van der Waals surface area contributed by atoms with Crippen LogP contribution in [0, 0.1) is 0 Å². The summed E-state index contributed by atoms with van der Waals surface area (Å²) in [5, 5.41) is 2.84. The number of ether oxygens (including phenoxy) is 2. The van der Waals surface area contributed by atoms with Gasteiger partial charge in [0.25, 0.3) is 5.91 Å². The highest BCUT2D eigenvalue weighted by molar-refractivity contribution is 5.77. The Hall–Kier alpha value is -1.71. The predicted molar refractivity (Wildman–Crippen MR) is 80.3 cm³/mol. The van der Waals surface area contributed by atoms with E-state index in [0.717, 1.165) is 38.0 Å². The third-order valence-corrected chi connectivity index (χ3v) is 2.77. The summed E-state index contributed by atoms with van der Waals surface area (Å²) in [7, 11) is 0. The van der Waals surface area contributed by atoms with Crippen LogP contribution in [0.5, 0.6) is 11.5 Å². The minimum atomic E-state index is -0.0765. The molecule has 0 radical (unpaired) electrons. The fourth-order valence-electron chi connectivity index (χ4n) is 1.65. The minimum absolute atomic E-state index is 0.0568. The highest BCUT2D eigenvalue weighted by atomic mass is 16.5. The fraction of sp³-hybridized carbons (Fsp3) is 0.562. The van der Waals surface area contributed by atoms with Gasteiger partial charge in [-0.15, -0.1) is 0 Å². The van der Waals surface area contributed by atoms with E-state index < -0.39 is 0 Å². The van der Waals surface area contributed by atoms with Gasteiger partial charge in [-0.05, 0) is 37.1 Å². The van der Waals surface area contributed by atoms with Crippen LogP contribution in [0.1, 0.15) is 39.5 Å². The second-order valence-electron chi connectivity index (χ2n) is 4.67. The number of benzene rings is 1. The zero-order chi connectivity index (χ0) is 14.6. The van der Waals surface area contributed by atoms with Crippen LogP contribution in [0.3, 0.4) is 0 Å². The molecule has 0 atom stereocenters. The van der Waals surface area contributed by atoms with E-state index in [1.807, 2.05) is 24.3 Å². The maximum atomic E-state index is 11.5. The second kappa shape index (κ2) is 10.1. The van der Waals surface area contributed by atoms with Crippen LogP contribution in [0.4, 0.5) is 0 Å². The summed E-state index contributed by atoms with van der Waals surface area (Å²) >= 11 is 0. The first-order chi connectivity index (χ1) is 9.76. The van der Waals surface area contributed by atoms with Gasteiger partial charge in [-0.2, -0.15) is 0 Å². The average Bonchev–Trinajstić information content (AvgIpc) is 2.48. The van der Waals surface area contributed by atoms with Crippen LogP contribution in [-0.4, -0.2) is 25.7 Å². The van der Waals surface area contributed by atoms with Gasteiger partial charge in [-0.3, -0.25) is 4.79 Å². The lowest BCUT2D eigenvalue weighted by Crippen LogP contribution is -2.29. The van der Waals surface area contributed by atoms with E-state index in [1.165, 1.54) is 0 Å². The van der Waals surface area contributed by atoms with Crippen LogP contribution in [0.2, 0.25) is 0 Å². The van der Waals surface area contributed by atoms with Gasteiger partial charge in [-0.1, -0.05) is 26.7 Å². The molecule has 0 aliphatic carbocycles. The Balaban J connectivity index is 2.22. The Bertz CT molecular complexity index is 376. The van der Waals surface area contributed by atoms with Crippen molar-refractivity contribution in [1.82, 2.24) is 5.32 Å². The van der Waals surface area contributed by atoms with Crippen molar-refractivity contribution in [2.75, 3.05) is 19.8 Å². The van der Waals surface area contributed by atoms with E-state index in [9.17, 15) is 4.79 Å². The Kier molecular flexibility index (Phi) is 8.27. The smallest absolute Gasteiger partial charge is 0.257 e. The maximum absolute atomic E-state index is 11.5. The molecular formula is C16H25NO3. The summed E-state index contributed by atoms with van der Waals surface area (Å²) < 4.78 is 10.9. The Morgan fingerprint density at radius 3 is 2.25 bits per heavy atom. The van der Waals surface area contributed by atoms with Gasteiger partial charge in [0.15, 0.2) is 6.61 Å². The van der Waals surface area contributed by atoms with E-state index in [2.05, 4.69) is 19.2 Å². The molecule has 0 saturated carbocycles. The zero-order valence-electron chi connectivity index (χ0n) is 12.5. The van der Waals surface area contributed by atoms with Crippen molar-refractivity contribution in [2.45, 2.75) is 39.5 Å². The number of nitrogens with one attached hydrogen (secondary N) is 1. The lowest BCUT2D eigenvalue weighted by Gasteiger charge is -2.08. The van der Waals surface area contributed by atoms with Gasteiger partial charge in [-0.25, -0.2) is 0 Å². The third-order valence-electron chi connectivity index (χ3n) is 2.77. The highest BCUT2D eigenvalue weighted by Crippen LogP contribution is 2.17. The van der Waals surface area contributed by atoms with E-state index in [-0.39, 0.29) is 12.5 Å². The molecule has 0 bridgehead atoms. The molecule has 0 saturated heterocycles. The summed E-state index contributed by atoms with van der Waals surface area (Å²) in [6.07, 6.45) is 4.29. The molecular weight excluding hydrogens is 254 g/mol. The van der Waals surface area contributed by atoms with Gasteiger partial charge in [0.2, 0.25) is 0 Å². The summed E-state index contributed by atoms with van der Waals surface area (Å²) in [5.74, 6) is 1.42. The van der Waals surface area contributed by atoms with Crippen LogP contribution in [0.25, 0.3) is 0 Å². The monoisotopic (exact) mass is 279 g/mol. The highest BCUT2D eigenvalue weighted by Gasteiger charge is 2.02. The molecule has 1 aromatic rings. The van der Waals surface area contributed by atoms with Crippen LogP contribution in [0.15, 0.2) is 24.3 Å². The molecule has 1 aromatic carbocycles. The van der Waals surface area contributed by atoms with Crippen molar-refractivity contribution >= 4 is 5.91 Å². The summed E-state index contributed by atoms with van der Waals surface area (Å²) in [4.78, 5) is 11.5. The molecule has 4 heteroatoms. The van der Waals surface area contributed by atoms with Crippen LogP contribution >= 0.6 is 0 Å². The van der Waals surface area contributed by atoms with Gasteiger partial charge in [0.05, 0.1) is 6.61 Å². The van der Waals surface area contributed by atoms with Crippen LogP contribution < -0.4 is 14.8 Å². The van der Waals surface area contributed by atoms with Crippen LogP contribution in [-0.2, 0) is 4.79 Å². The summed E-state index contributed by atoms with van der Waals surface area (Å²) in [6.45, 7) is 5.69. The number of unbranched alkanes of at least 4 members (excludes halogenated alkanes) is 2. The Morgan fingerprint density at radius 1 is 1.00 bits per heavy atom. The molecule has 112 valence electrons. The molecule has 0 heterocycles. The number of carbonyl (C=O) groups excluding carboxylic acids is 1. The zero-order valence-corrected chi connectivity index (χ0v) is 12.5. The van der Waals surface area contributed by atoms with E-state index in [0.29, 0.717) is 12.4 Å². The second-order valence-corrected chi connectivity index (χ2v) is 4.67. The lowest BCUT2D eigenvalue weighted by atomic mass is 10.2. The first-order valence-corrected chi connectivity index (χ1v) is 7.38. The number of carbonyl (C=O) groups is 1. The molecule has 0 unspecified atom stereocenters. The number of hydrogen-bond acceptors (Lipinski definition) is 3. The van der Waals surface area contributed by atoms with Gasteiger partial charge >= 0.3 is 0 Å². The first-order valence-electron chi connectivity index (χ1n) is 7.38. The molecule has 4 nitrogen and oxygen atoms in total. The van der Waals surface area contributed by atoms with E-state index in [4.69, 9.17) is 9.47 Å². The van der Waals surface area contributed by atoms with E-state index >= 15 is 0 Å². The van der Waals surface area contributed by atoms with Crippen molar-refractivity contribution < 1.29 is 14.3 Å². The van der Waals surface area contributed by atoms with Crippen molar-refractivity contribution in [2.24, 2.45) is 0 Å². The van der Waals surface area contributed by atoms with Gasteiger partial charge in [0.1, 0.15) is 11.5 Å². The molecule has 0 fully saturated rings. The van der Waals surface area contributed by atoms with Crippen molar-refractivity contribution in [3.8, 4) is 11.5 Å². The fourth-order valence-corrected chi connectivity index (χ4v) is 1.65. The normalized spacial score (nSPS) is 10.1. The van der Waals surface area contributed by atoms with Crippen molar-refractivity contribution in [3.05, 3.63) is 24.3 Å². The quantitative estimate of drug-likeness (QED) is 0.669.